The first-order valence-electron chi connectivity index (χ1n) is 13.4. The van der Waals surface area contributed by atoms with Crippen LogP contribution in [-0.2, 0) is 5.41 Å². The van der Waals surface area contributed by atoms with E-state index in [0.29, 0.717) is 0 Å². The maximum absolute atomic E-state index is 2.42. The second kappa shape index (κ2) is 9.50. The average Bonchev–Trinajstić information content (AvgIpc) is 3.21. The Hall–Kier alpha value is -4.36. The van der Waals surface area contributed by atoms with Gasteiger partial charge in [-0.1, -0.05) is 111 Å². The van der Waals surface area contributed by atoms with E-state index in [9.17, 15) is 0 Å². The van der Waals surface area contributed by atoms with Crippen LogP contribution in [0.3, 0.4) is 0 Å². The van der Waals surface area contributed by atoms with E-state index in [4.69, 9.17) is 0 Å². The second-order valence-electron chi connectivity index (χ2n) is 10.6. The number of allylic oxidation sites excluding steroid dienone is 2. The van der Waals surface area contributed by atoms with Crippen molar-refractivity contribution in [3.8, 4) is 22.3 Å². The molecule has 0 bridgehead atoms. The number of nitrogens with zero attached hydrogens (tertiary/aromatic N) is 1. The highest BCUT2D eigenvalue weighted by molar-refractivity contribution is 5.95. The second-order valence-corrected chi connectivity index (χ2v) is 10.6. The minimum Gasteiger partial charge on any atom is -0.310 e. The molecule has 0 aromatic heterocycles. The molecule has 6 rings (SSSR count). The van der Waals surface area contributed by atoms with Crippen molar-refractivity contribution in [2.24, 2.45) is 0 Å². The number of rotatable bonds is 5. The summed E-state index contributed by atoms with van der Waals surface area (Å²) in [6, 6.07) is 44.2. The third kappa shape index (κ3) is 3.96. The molecule has 1 nitrogen and oxygen atoms in total. The molecule has 186 valence electrons. The number of hydrogen-bond donors (Lipinski definition) is 0. The molecule has 0 N–H and O–H groups in total. The van der Waals surface area contributed by atoms with Crippen LogP contribution in [0.2, 0.25) is 0 Å². The molecule has 1 aliphatic rings. The molecule has 38 heavy (non-hydrogen) atoms. The Morgan fingerprint density at radius 2 is 1.18 bits per heavy atom. The van der Waals surface area contributed by atoms with Crippen LogP contribution < -0.4 is 4.90 Å². The van der Waals surface area contributed by atoms with Gasteiger partial charge in [-0.05, 0) is 83.1 Å². The van der Waals surface area contributed by atoms with Gasteiger partial charge in [0.1, 0.15) is 0 Å². The van der Waals surface area contributed by atoms with Crippen molar-refractivity contribution in [2.75, 3.05) is 4.90 Å². The lowest BCUT2D eigenvalue weighted by Gasteiger charge is -2.29. The maximum Gasteiger partial charge on any atom is 0.0543 e. The lowest BCUT2D eigenvalue weighted by molar-refractivity contribution is 0.660. The van der Waals surface area contributed by atoms with Crippen LogP contribution in [0, 0.1) is 0 Å². The third-order valence-corrected chi connectivity index (χ3v) is 8.07. The van der Waals surface area contributed by atoms with Crippen molar-refractivity contribution in [1.82, 2.24) is 0 Å². The standard InChI is InChI=1S/C37H33N/c1-5-26(2)27-18-22-30(23-19-27)38(31-24-20-29(21-25-31)28-12-7-6-8-13-28)35-17-11-16-34-36(35)32-14-9-10-15-33(32)37(34,3)4/h5-25H,1-4H3/b26-5+. The Morgan fingerprint density at radius 3 is 1.87 bits per heavy atom. The molecule has 0 heterocycles. The summed E-state index contributed by atoms with van der Waals surface area (Å²) in [5.74, 6) is 0. The molecular formula is C37H33N. The first kappa shape index (κ1) is 24.0. The molecule has 0 unspecified atom stereocenters. The molecule has 0 atom stereocenters. The minimum atomic E-state index is -0.0440. The number of hydrogen-bond acceptors (Lipinski definition) is 1. The summed E-state index contributed by atoms with van der Waals surface area (Å²) in [7, 11) is 0. The summed E-state index contributed by atoms with van der Waals surface area (Å²) in [6.45, 7) is 8.94. The van der Waals surface area contributed by atoms with Crippen molar-refractivity contribution in [2.45, 2.75) is 33.1 Å². The van der Waals surface area contributed by atoms with Crippen molar-refractivity contribution < 1.29 is 0 Å². The molecule has 0 amide bonds. The van der Waals surface area contributed by atoms with Gasteiger partial charge >= 0.3 is 0 Å². The Morgan fingerprint density at radius 1 is 0.605 bits per heavy atom. The van der Waals surface area contributed by atoms with E-state index < -0.39 is 0 Å². The lowest BCUT2D eigenvalue weighted by Crippen LogP contribution is -2.16. The molecule has 0 fully saturated rings. The maximum atomic E-state index is 2.42. The largest absolute Gasteiger partial charge is 0.310 e. The van der Waals surface area contributed by atoms with Gasteiger partial charge in [0.2, 0.25) is 0 Å². The van der Waals surface area contributed by atoms with Crippen molar-refractivity contribution >= 4 is 22.6 Å². The molecule has 0 radical (unpaired) electrons. The Bertz CT molecular complexity index is 1620. The molecular weight excluding hydrogens is 458 g/mol. The minimum absolute atomic E-state index is 0.0440. The Labute approximate surface area is 226 Å². The summed E-state index contributed by atoms with van der Waals surface area (Å²) in [5, 5.41) is 0. The molecule has 1 heteroatoms. The van der Waals surface area contributed by atoms with Gasteiger partial charge in [0.05, 0.1) is 5.69 Å². The van der Waals surface area contributed by atoms with Crippen LogP contribution in [0.15, 0.2) is 127 Å². The normalized spacial score (nSPS) is 13.6. The highest BCUT2D eigenvalue weighted by Gasteiger charge is 2.37. The fourth-order valence-corrected chi connectivity index (χ4v) is 5.82. The van der Waals surface area contributed by atoms with E-state index in [-0.39, 0.29) is 5.41 Å². The number of fused-ring (bicyclic) bond motifs is 3. The average molecular weight is 492 g/mol. The fraction of sp³-hybridized carbons (Fsp3) is 0.135. The highest BCUT2D eigenvalue weighted by Crippen LogP contribution is 2.54. The first-order valence-corrected chi connectivity index (χ1v) is 13.4. The van der Waals surface area contributed by atoms with Gasteiger partial charge in [0.25, 0.3) is 0 Å². The quantitative estimate of drug-likeness (QED) is 0.236. The van der Waals surface area contributed by atoms with Crippen LogP contribution in [0.25, 0.3) is 27.8 Å². The summed E-state index contributed by atoms with van der Waals surface area (Å²) in [6.07, 6.45) is 2.16. The molecule has 1 aliphatic carbocycles. The van der Waals surface area contributed by atoms with Gasteiger partial charge in [-0.3, -0.25) is 0 Å². The predicted molar refractivity (Wildman–Crippen MR) is 163 cm³/mol. The molecule has 0 aliphatic heterocycles. The van der Waals surface area contributed by atoms with E-state index in [1.165, 1.54) is 50.2 Å². The summed E-state index contributed by atoms with van der Waals surface area (Å²) < 4.78 is 0. The zero-order chi connectivity index (χ0) is 26.3. The summed E-state index contributed by atoms with van der Waals surface area (Å²) in [5.41, 5.74) is 13.9. The Balaban J connectivity index is 1.55. The van der Waals surface area contributed by atoms with Crippen LogP contribution in [0.1, 0.15) is 44.4 Å². The Kier molecular flexibility index (Phi) is 6.00. The van der Waals surface area contributed by atoms with E-state index in [2.05, 4.69) is 160 Å². The summed E-state index contributed by atoms with van der Waals surface area (Å²) >= 11 is 0. The molecule has 0 saturated carbocycles. The first-order chi connectivity index (χ1) is 18.5. The fourth-order valence-electron chi connectivity index (χ4n) is 5.82. The van der Waals surface area contributed by atoms with E-state index in [0.717, 1.165) is 11.4 Å². The zero-order valence-corrected chi connectivity index (χ0v) is 22.6. The van der Waals surface area contributed by atoms with E-state index >= 15 is 0 Å². The van der Waals surface area contributed by atoms with Gasteiger partial charge in [-0.25, -0.2) is 0 Å². The van der Waals surface area contributed by atoms with Gasteiger partial charge in [-0.2, -0.15) is 0 Å². The molecule has 0 spiro atoms. The zero-order valence-electron chi connectivity index (χ0n) is 22.6. The van der Waals surface area contributed by atoms with Crippen molar-refractivity contribution in [3.05, 3.63) is 144 Å². The van der Waals surface area contributed by atoms with Gasteiger partial charge < -0.3 is 4.90 Å². The topological polar surface area (TPSA) is 3.24 Å². The number of benzene rings is 5. The van der Waals surface area contributed by atoms with E-state index in [1.54, 1.807) is 0 Å². The van der Waals surface area contributed by atoms with Gasteiger partial charge in [0.15, 0.2) is 0 Å². The predicted octanol–water partition coefficient (Wildman–Crippen LogP) is 10.6. The van der Waals surface area contributed by atoms with Crippen LogP contribution in [-0.4, -0.2) is 0 Å². The van der Waals surface area contributed by atoms with Crippen LogP contribution >= 0.6 is 0 Å². The molecule has 5 aromatic carbocycles. The molecule has 0 saturated heterocycles. The van der Waals surface area contributed by atoms with E-state index in [1.807, 2.05) is 0 Å². The van der Waals surface area contributed by atoms with Gasteiger partial charge in [0, 0.05) is 22.4 Å². The lowest BCUT2D eigenvalue weighted by atomic mass is 9.82. The monoisotopic (exact) mass is 491 g/mol. The van der Waals surface area contributed by atoms with Crippen molar-refractivity contribution in [1.29, 1.82) is 0 Å². The third-order valence-electron chi connectivity index (χ3n) is 8.07. The molecule has 5 aromatic rings. The highest BCUT2D eigenvalue weighted by atomic mass is 15.1. The van der Waals surface area contributed by atoms with Crippen LogP contribution in [0.4, 0.5) is 17.1 Å². The van der Waals surface area contributed by atoms with Crippen molar-refractivity contribution in [3.63, 3.8) is 0 Å². The smallest absolute Gasteiger partial charge is 0.0543 e. The van der Waals surface area contributed by atoms with Crippen LogP contribution in [0.5, 0.6) is 0 Å². The SMILES string of the molecule is C/C=C(\C)c1ccc(N(c2ccc(-c3ccccc3)cc2)c2cccc3c2-c2ccccc2C3(C)C)cc1. The summed E-state index contributed by atoms with van der Waals surface area (Å²) in [4.78, 5) is 2.42. The van der Waals surface area contributed by atoms with Gasteiger partial charge in [-0.15, -0.1) is 0 Å². The number of anilines is 3.